The minimum atomic E-state index is -4.24. The van der Waals surface area contributed by atoms with Crippen molar-refractivity contribution in [1.29, 1.82) is 0 Å². The number of aromatic nitrogens is 5. The van der Waals surface area contributed by atoms with Gasteiger partial charge in [0.05, 0.1) is 25.6 Å². The Bertz CT molecular complexity index is 2020. The SMILES string of the molecule is CC(C)[Si](O)(O[Si](O[C@H]1[C@H]2OP(O)(=S)OC[C@H]3C[C@@H](Oc4ccncn4)C[C@@H]3OP(=O)(S)OC[C@@H]1O[C@H]2n1cc(F)c2c(=O)[nH]cnc21)(C(C)C)C(C)C)C(C)C. The van der Waals surface area contributed by atoms with E-state index >= 15 is 4.39 Å². The Morgan fingerprint density at radius 3 is 2.37 bits per heavy atom. The molecule has 2 bridgehead atoms. The van der Waals surface area contributed by atoms with Gasteiger partial charge in [-0.15, -0.1) is 0 Å². The van der Waals surface area contributed by atoms with Crippen LogP contribution >= 0.6 is 25.8 Å². The van der Waals surface area contributed by atoms with Crippen LogP contribution in [0.15, 0.2) is 35.9 Å². The summed E-state index contributed by atoms with van der Waals surface area (Å²) in [5.74, 6) is -1.08. The van der Waals surface area contributed by atoms with E-state index < -0.39 is 91.3 Å². The summed E-state index contributed by atoms with van der Waals surface area (Å²) in [5, 5.41) is -0.341. The van der Waals surface area contributed by atoms with Gasteiger partial charge < -0.3 is 41.8 Å². The van der Waals surface area contributed by atoms with Gasteiger partial charge in [0, 0.05) is 30.8 Å². The Kier molecular flexibility index (Phi) is 13.8. The van der Waals surface area contributed by atoms with Crippen molar-refractivity contribution in [2.24, 2.45) is 5.92 Å². The van der Waals surface area contributed by atoms with Gasteiger partial charge in [0.1, 0.15) is 36.1 Å². The second-order valence-electron chi connectivity index (χ2n) is 15.9. The largest absolute Gasteiger partial charge is 0.474 e. The zero-order valence-corrected chi connectivity index (χ0v) is 38.5. The maximum atomic E-state index is 15.5. The van der Waals surface area contributed by atoms with Crippen LogP contribution in [0.3, 0.4) is 0 Å². The fraction of sp³-hybridized carbons (Fsp3) is 0.697. The van der Waals surface area contributed by atoms with Crippen LogP contribution in [0.4, 0.5) is 4.39 Å². The highest BCUT2D eigenvalue weighted by molar-refractivity contribution is 8.44. The molecule has 57 heavy (non-hydrogen) atoms. The van der Waals surface area contributed by atoms with E-state index in [1.807, 2.05) is 55.4 Å². The number of halogens is 1. The molecule has 6 rings (SSSR count). The first-order valence-electron chi connectivity index (χ1n) is 18.9. The van der Waals surface area contributed by atoms with E-state index in [-0.39, 0.29) is 46.2 Å². The fourth-order valence-electron chi connectivity index (χ4n) is 7.83. The van der Waals surface area contributed by atoms with Crippen molar-refractivity contribution in [2.45, 2.75) is 127 Å². The summed E-state index contributed by atoms with van der Waals surface area (Å²) in [6.45, 7) is 6.33. The third kappa shape index (κ3) is 9.55. The van der Waals surface area contributed by atoms with Crippen molar-refractivity contribution in [3.05, 3.63) is 47.3 Å². The molecule has 2 aliphatic heterocycles. The van der Waals surface area contributed by atoms with E-state index in [1.165, 1.54) is 17.1 Å². The molecular formula is C33H52FN5O12P2S2Si2. The van der Waals surface area contributed by atoms with Gasteiger partial charge in [0.15, 0.2) is 17.7 Å². The molecule has 2 saturated heterocycles. The van der Waals surface area contributed by atoms with E-state index in [2.05, 4.69) is 32.2 Å². The Hall–Kier alpha value is -1.47. The second kappa shape index (κ2) is 17.5. The molecule has 5 heterocycles. The molecule has 3 aromatic rings. The van der Waals surface area contributed by atoms with Crippen molar-refractivity contribution in [3.63, 3.8) is 0 Å². The molecule has 0 spiro atoms. The second-order valence-corrected chi connectivity index (χ2v) is 30.2. The van der Waals surface area contributed by atoms with E-state index in [9.17, 15) is 19.0 Å². The molecule has 3 aromatic heterocycles. The van der Waals surface area contributed by atoms with Crippen LogP contribution in [0.5, 0.6) is 5.88 Å². The Morgan fingerprint density at radius 1 is 1.04 bits per heavy atom. The lowest BCUT2D eigenvalue weighted by Gasteiger charge is -2.47. The lowest BCUT2D eigenvalue weighted by Crippen LogP contribution is -2.62. The minimum Gasteiger partial charge on any atom is -0.474 e. The molecule has 318 valence electrons. The molecule has 1 aliphatic carbocycles. The van der Waals surface area contributed by atoms with Crippen molar-refractivity contribution in [1.82, 2.24) is 24.5 Å². The number of thiol groups is 1. The van der Waals surface area contributed by atoms with Crippen LogP contribution in [-0.2, 0) is 47.7 Å². The summed E-state index contributed by atoms with van der Waals surface area (Å²) in [7, 11) is -7.13. The van der Waals surface area contributed by atoms with E-state index in [0.717, 1.165) is 12.5 Å². The smallest absolute Gasteiger partial charge is 0.386 e. The van der Waals surface area contributed by atoms with Crippen molar-refractivity contribution >= 4 is 65.7 Å². The number of hydrogen-bond donors (Lipinski definition) is 4. The summed E-state index contributed by atoms with van der Waals surface area (Å²) in [5.41, 5.74) is -1.81. The molecule has 1 saturated carbocycles. The van der Waals surface area contributed by atoms with Gasteiger partial charge in [0.2, 0.25) is 5.88 Å². The number of ether oxygens (including phenoxy) is 2. The first-order chi connectivity index (χ1) is 26.7. The first kappa shape index (κ1) is 45.1. The third-order valence-electron chi connectivity index (χ3n) is 10.8. The molecule has 3 fully saturated rings. The highest BCUT2D eigenvalue weighted by atomic mass is 32.7. The summed E-state index contributed by atoms with van der Waals surface area (Å²) in [6, 6.07) is 1.60. The van der Waals surface area contributed by atoms with Crippen LogP contribution in [0.1, 0.15) is 74.5 Å². The summed E-state index contributed by atoms with van der Waals surface area (Å²) in [4.78, 5) is 51.5. The van der Waals surface area contributed by atoms with Gasteiger partial charge in [-0.2, -0.15) is 0 Å². The molecule has 0 amide bonds. The van der Waals surface area contributed by atoms with E-state index in [1.54, 1.807) is 6.07 Å². The normalized spacial score (nSPS) is 31.8. The Labute approximate surface area is 343 Å². The highest BCUT2D eigenvalue weighted by Crippen LogP contribution is 2.59. The Balaban J connectivity index is 1.43. The lowest BCUT2D eigenvalue weighted by atomic mass is 10.1. The predicted octanol–water partition coefficient (Wildman–Crippen LogP) is 6.40. The number of nitrogens with zero attached hydrogens (tertiary/aromatic N) is 4. The van der Waals surface area contributed by atoms with Crippen LogP contribution in [0.2, 0.25) is 22.2 Å². The number of fused-ring (bicyclic) bond motifs is 4. The first-order valence-corrected chi connectivity index (χ1v) is 28.2. The summed E-state index contributed by atoms with van der Waals surface area (Å²) in [6.07, 6.45) is -0.762. The molecule has 0 aromatic carbocycles. The van der Waals surface area contributed by atoms with Crippen molar-refractivity contribution < 1.29 is 54.8 Å². The monoisotopic (exact) mass is 911 g/mol. The molecule has 0 radical (unpaired) electrons. The molecule has 9 atom stereocenters. The van der Waals surface area contributed by atoms with Crippen LogP contribution in [0.25, 0.3) is 11.0 Å². The van der Waals surface area contributed by atoms with Crippen molar-refractivity contribution in [2.75, 3.05) is 13.2 Å². The van der Waals surface area contributed by atoms with Crippen LogP contribution in [-0.4, -0.2) is 95.0 Å². The van der Waals surface area contributed by atoms with Crippen LogP contribution in [0, 0.1) is 11.7 Å². The average Bonchev–Trinajstić information content (AvgIpc) is 3.78. The van der Waals surface area contributed by atoms with Gasteiger partial charge in [-0.3, -0.25) is 18.4 Å². The molecule has 3 aliphatic rings. The maximum absolute atomic E-state index is 15.5. The van der Waals surface area contributed by atoms with E-state index in [4.69, 9.17) is 47.9 Å². The van der Waals surface area contributed by atoms with E-state index in [0.29, 0.717) is 12.3 Å². The molecule has 3 N–H and O–H groups in total. The number of aromatic amines is 1. The third-order valence-corrected chi connectivity index (χ3v) is 23.8. The predicted molar refractivity (Wildman–Crippen MR) is 218 cm³/mol. The van der Waals surface area contributed by atoms with Gasteiger partial charge >= 0.3 is 30.6 Å². The number of rotatable bonds is 11. The molecule has 2 unspecified atom stereocenters. The van der Waals surface area contributed by atoms with Gasteiger partial charge in [-0.1, -0.05) is 67.6 Å². The fourth-order valence-corrected chi connectivity index (χ4v) is 20.8. The molecule has 24 heteroatoms. The zero-order chi connectivity index (χ0) is 41.7. The Morgan fingerprint density at radius 2 is 1.74 bits per heavy atom. The molecular weight excluding hydrogens is 860 g/mol. The number of H-pyrrole nitrogens is 1. The molecule has 17 nitrogen and oxygen atoms in total. The van der Waals surface area contributed by atoms with Crippen LogP contribution < -0.4 is 10.3 Å². The average molecular weight is 912 g/mol. The minimum absolute atomic E-state index is 0.0935. The van der Waals surface area contributed by atoms with Gasteiger partial charge in [-0.25, -0.2) is 23.9 Å². The summed E-state index contributed by atoms with van der Waals surface area (Å²) < 4.78 is 82.1. The number of nitrogens with one attached hydrogen (secondary N) is 1. The lowest BCUT2D eigenvalue weighted by molar-refractivity contribution is -0.0498. The topological polar surface area (TPSA) is 208 Å². The quantitative estimate of drug-likeness (QED) is 0.0933. The van der Waals surface area contributed by atoms with Crippen molar-refractivity contribution in [3.8, 4) is 5.88 Å². The zero-order valence-electron chi connectivity index (χ0n) is 33.0. The summed E-state index contributed by atoms with van der Waals surface area (Å²) >= 11 is 10.0. The van der Waals surface area contributed by atoms with Gasteiger partial charge in [-0.05, 0) is 40.4 Å². The highest BCUT2D eigenvalue weighted by Gasteiger charge is 2.60. The van der Waals surface area contributed by atoms with Gasteiger partial charge in [0.25, 0.3) is 5.56 Å². The standard InChI is InChI=1S/C33H52FN5O12P2S2Si2/c1-18(2)56(43,19(3)4)51-57(20(5)6,21(7)8)50-29-26-15-45-52(41,54)48-25-12-23(46-27-9-10-35-16-36-27)11-22(25)14-44-53(42,55)49-30(29)33(47-26)39-13-24(34)28-31(39)37-17-38-32(28)40/h9-10,13,16-23,25-26,29-30,33,43H,11-12,14-15H2,1-8H3,(H,41,54)(H,42,55)(H,37,38,40)/t22-,23-,25+,26+,29-,30-,33-,52?,53?/m1/s1. The maximum Gasteiger partial charge on any atom is 0.386 e. The number of hydrogen-bond acceptors (Lipinski definition) is 15.